The van der Waals surface area contributed by atoms with E-state index < -0.39 is 11.5 Å². The monoisotopic (exact) mass is 767 g/mol. The highest BCUT2D eigenvalue weighted by molar-refractivity contribution is 6.33. The largest absolute Gasteiger partial charge is 0.478 e. The van der Waals surface area contributed by atoms with E-state index in [0.717, 1.165) is 48.9 Å². The van der Waals surface area contributed by atoms with E-state index in [4.69, 9.17) is 21.3 Å². The lowest BCUT2D eigenvalue weighted by atomic mass is 9.64. The number of ether oxygens (including phenoxy) is 1. The van der Waals surface area contributed by atoms with Gasteiger partial charge in [0.25, 0.3) is 11.5 Å². The molecule has 2 aliphatic heterocycles. The van der Waals surface area contributed by atoms with E-state index in [-0.39, 0.29) is 35.5 Å². The van der Waals surface area contributed by atoms with E-state index in [9.17, 15) is 19.2 Å². The average Bonchev–Trinajstić information content (AvgIpc) is 3.47. The summed E-state index contributed by atoms with van der Waals surface area (Å²) in [4.78, 5) is 64.7. The van der Waals surface area contributed by atoms with Crippen LogP contribution in [0.2, 0.25) is 5.02 Å². The van der Waals surface area contributed by atoms with E-state index in [1.807, 2.05) is 23.9 Å². The zero-order valence-electron chi connectivity index (χ0n) is 31.0. The maximum absolute atomic E-state index is 12.8. The number of rotatable bonds is 9. The number of likely N-dealkylation sites (N-methyl/N-ethyl adjacent to an activating group) is 1. The van der Waals surface area contributed by atoms with Gasteiger partial charge in [-0.3, -0.25) is 33.7 Å². The van der Waals surface area contributed by atoms with Gasteiger partial charge in [-0.05, 0) is 61.9 Å². The summed E-state index contributed by atoms with van der Waals surface area (Å²) >= 11 is 6.55. The van der Waals surface area contributed by atoms with Gasteiger partial charge in [-0.2, -0.15) is 10.1 Å². The van der Waals surface area contributed by atoms with Crippen LogP contribution >= 0.6 is 11.6 Å². The van der Waals surface area contributed by atoms with Crippen molar-refractivity contribution in [2.24, 2.45) is 25.4 Å². The predicted molar refractivity (Wildman–Crippen MR) is 208 cm³/mol. The van der Waals surface area contributed by atoms with Gasteiger partial charge in [0.05, 0.1) is 35.2 Å². The maximum Gasteiger partial charge on any atom is 0.294 e. The number of anilines is 4. The first-order valence-corrected chi connectivity index (χ1v) is 18.7. The van der Waals surface area contributed by atoms with E-state index in [2.05, 4.69) is 60.3 Å². The molecule has 1 spiro atoms. The molecule has 16 nitrogen and oxygen atoms in total. The van der Waals surface area contributed by atoms with Crippen LogP contribution in [-0.4, -0.2) is 79.8 Å². The number of aromatic nitrogens is 6. The van der Waals surface area contributed by atoms with Crippen molar-refractivity contribution in [3.05, 3.63) is 63.8 Å². The Morgan fingerprint density at radius 1 is 1.07 bits per heavy atom. The average molecular weight is 768 g/mol. The van der Waals surface area contributed by atoms with Gasteiger partial charge in [0.15, 0.2) is 18.2 Å². The Hall–Kier alpha value is -5.77. The van der Waals surface area contributed by atoms with Crippen LogP contribution in [0.5, 0.6) is 5.75 Å². The van der Waals surface area contributed by atoms with Crippen molar-refractivity contribution in [2.45, 2.75) is 51.0 Å². The normalized spacial score (nSPS) is 20.7. The Morgan fingerprint density at radius 3 is 2.65 bits per heavy atom. The van der Waals surface area contributed by atoms with Gasteiger partial charge in [0.1, 0.15) is 10.7 Å². The summed E-state index contributed by atoms with van der Waals surface area (Å²) in [6, 6.07) is 9.87. The Kier molecular flexibility index (Phi) is 9.31. The quantitative estimate of drug-likeness (QED) is 0.159. The zero-order chi connectivity index (χ0) is 38.6. The number of nitrogens with one attached hydrogen (secondary N) is 4. The number of hydrogen-bond donors (Lipinski definition) is 4. The van der Waals surface area contributed by atoms with E-state index in [1.165, 1.54) is 11.6 Å². The Balaban J connectivity index is 0.906. The minimum Gasteiger partial charge on any atom is -0.478 e. The fourth-order valence-corrected chi connectivity index (χ4v) is 8.47. The summed E-state index contributed by atoms with van der Waals surface area (Å²) in [7, 11) is 4.98. The second-order valence-electron chi connectivity index (χ2n) is 15.0. The summed E-state index contributed by atoms with van der Waals surface area (Å²) in [5.74, 6) is 0.195. The van der Waals surface area contributed by atoms with Crippen molar-refractivity contribution in [1.82, 2.24) is 39.9 Å². The minimum atomic E-state index is -0.433. The molecule has 17 heteroatoms. The van der Waals surface area contributed by atoms with Crippen molar-refractivity contribution in [3.63, 3.8) is 0 Å². The zero-order valence-corrected chi connectivity index (χ0v) is 31.7. The molecule has 2 saturated heterocycles. The molecule has 8 rings (SSSR count). The molecule has 6 heterocycles. The number of nitrogens with zero attached hydrogens (tertiary/aromatic N) is 7. The fraction of sp³-hybridized carbons (Fsp3) is 0.421. The van der Waals surface area contributed by atoms with E-state index in [1.54, 1.807) is 25.5 Å². The summed E-state index contributed by atoms with van der Waals surface area (Å²) in [6.07, 6.45) is 7.13. The second-order valence-corrected chi connectivity index (χ2v) is 15.4. The maximum atomic E-state index is 12.8. The van der Waals surface area contributed by atoms with Crippen LogP contribution in [-0.2, 0) is 28.5 Å². The van der Waals surface area contributed by atoms with Gasteiger partial charge in [0, 0.05) is 68.6 Å². The molecule has 1 aliphatic carbocycles. The van der Waals surface area contributed by atoms with Gasteiger partial charge < -0.3 is 25.6 Å². The van der Waals surface area contributed by atoms with Crippen molar-refractivity contribution in [3.8, 4) is 5.75 Å². The molecule has 286 valence electrons. The van der Waals surface area contributed by atoms with Gasteiger partial charge in [0.2, 0.25) is 17.8 Å². The predicted octanol–water partition coefficient (Wildman–Crippen LogP) is 3.76. The number of benzene rings is 1. The molecule has 3 amide bonds. The van der Waals surface area contributed by atoms with Crippen LogP contribution in [0.25, 0.3) is 21.9 Å². The first-order chi connectivity index (χ1) is 26.4. The number of halogens is 1. The summed E-state index contributed by atoms with van der Waals surface area (Å²) in [5, 5.41) is 18.6. The SMILES string of the molecule is CNC(=O)COc1cc2cc(Nc3nc(N4CC5(CC[C@@H](Nc6ccc7c(C8CCC(=O)NC8=O)nn(C)c7c6)[C@H](C)C5)C4)ncc3Cl)cnc2n(C)c1=O. The van der Waals surface area contributed by atoms with Crippen LogP contribution in [0.3, 0.4) is 0 Å². The number of fused-ring (bicyclic) bond motifs is 2. The highest BCUT2D eigenvalue weighted by Crippen LogP contribution is 2.48. The van der Waals surface area contributed by atoms with Gasteiger partial charge in [-0.25, -0.2) is 9.97 Å². The van der Waals surface area contributed by atoms with Gasteiger partial charge in [-0.1, -0.05) is 18.5 Å². The van der Waals surface area contributed by atoms with Crippen molar-refractivity contribution in [2.75, 3.05) is 42.3 Å². The number of carbonyl (C=O) groups is 3. The lowest BCUT2D eigenvalue weighted by molar-refractivity contribution is -0.134. The first kappa shape index (κ1) is 36.2. The number of pyridine rings is 2. The molecule has 1 aromatic carbocycles. The molecule has 4 aromatic heterocycles. The third-order valence-corrected chi connectivity index (χ3v) is 11.5. The molecule has 0 bridgehead atoms. The second kappa shape index (κ2) is 14.1. The van der Waals surface area contributed by atoms with Gasteiger partial charge in [-0.15, -0.1) is 0 Å². The van der Waals surface area contributed by atoms with Crippen LogP contribution in [0.4, 0.5) is 23.1 Å². The fourth-order valence-electron chi connectivity index (χ4n) is 8.33. The number of aryl methyl sites for hydroxylation is 2. The minimum absolute atomic E-state index is 0.0408. The van der Waals surface area contributed by atoms with Crippen LogP contribution < -0.4 is 36.5 Å². The number of carbonyl (C=O) groups excluding carboxylic acids is 3. The number of amides is 3. The van der Waals surface area contributed by atoms with E-state index in [0.29, 0.717) is 64.0 Å². The molecule has 1 unspecified atom stereocenters. The molecule has 4 N–H and O–H groups in total. The third-order valence-electron chi connectivity index (χ3n) is 11.2. The molecule has 3 fully saturated rings. The number of hydrogen-bond acceptors (Lipinski definition) is 12. The van der Waals surface area contributed by atoms with Crippen LogP contribution in [0.1, 0.15) is 50.6 Å². The Morgan fingerprint density at radius 2 is 1.89 bits per heavy atom. The first-order valence-electron chi connectivity index (χ1n) is 18.3. The third kappa shape index (κ3) is 6.90. The molecule has 5 aromatic rings. The highest BCUT2D eigenvalue weighted by Gasteiger charge is 2.48. The summed E-state index contributed by atoms with van der Waals surface area (Å²) in [6.45, 7) is 3.72. The smallest absolute Gasteiger partial charge is 0.294 e. The van der Waals surface area contributed by atoms with Crippen LogP contribution in [0, 0.1) is 11.3 Å². The van der Waals surface area contributed by atoms with E-state index >= 15 is 0 Å². The summed E-state index contributed by atoms with van der Waals surface area (Å²) in [5.41, 5.74) is 3.51. The van der Waals surface area contributed by atoms with Crippen molar-refractivity contribution >= 4 is 74.4 Å². The molecule has 0 radical (unpaired) electrons. The molecular formula is C38H42ClN11O5. The number of imide groups is 1. The standard InChI is InChI=1S/C38H42ClN11O5/c1-20-14-38(10-9-27(20)43-22-5-6-24-28(13-22)49(4)47-32(24)25-7-8-30(51)45-35(25)53)18-50(19-38)37-42-16-26(39)33(46-37)44-23-11-21-12-29(55-17-31(52)40-2)36(54)48(3)34(21)41-15-23/h5-6,11-13,15-16,20,25,27,43H,7-10,14,17-19H2,1-4H3,(H,40,52)(H,42,44,46)(H,45,51,53)/t20-,25?,27-/m1/s1. The topological polar surface area (TPSA) is 190 Å². The molecule has 3 atom stereocenters. The van der Waals surface area contributed by atoms with Gasteiger partial charge >= 0.3 is 0 Å². The number of piperidine rings is 1. The Bertz CT molecular complexity index is 2420. The Labute approximate surface area is 321 Å². The lowest BCUT2D eigenvalue weighted by Crippen LogP contribution is -2.60. The highest BCUT2D eigenvalue weighted by atomic mass is 35.5. The summed E-state index contributed by atoms with van der Waals surface area (Å²) < 4.78 is 8.67. The van der Waals surface area contributed by atoms with Crippen molar-refractivity contribution in [1.29, 1.82) is 0 Å². The molecular weight excluding hydrogens is 726 g/mol. The molecule has 3 aliphatic rings. The lowest BCUT2D eigenvalue weighted by Gasteiger charge is -2.55. The molecule has 55 heavy (non-hydrogen) atoms. The molecule has 1 saturated carbocycles. The van der Waals surface area contributed by atoms with Crippen LogP contribution in [0.15, 0.2) is 47.5 Å². The van der Waals surface area contributed by atoms with Crippen molar-refractivity contribution < 1.29 is 19.1 Å².